The van der Waals surface area contributed by atoms with Gasteiger partial charge < -0.3 is 10.1 Å². The molecule has 2 saturated heterocycles. The van der Waals surface area contributed by atoms with Gasteiger partial charge >= 0.3 is 0 Å². The fourth-order valence-corrected chi connectivity index (χ4v) is 3.85. The van der Waals surface area contributed by atoms with Crippen LogP contribution in [0.15, 0.2) is 36.5 Å². The smallest absolute Gasteiger partial charge is 0.220 e. The molecule has 2 bridgehead atoms. The summed E-state index contributed by atoms with van der Waals surface area (Å²) in [5.74, 6) is 0.758. The van der Waals surface area contributed by atoms with Gasteiger partial charge in [-0.3, -0.25) is 0 Å². The predicted octanol–water partition coefficient (Wildman–Crippen LogP) is 3.93. The summed E-state index contributed by atoms with van der Waals surface area (Å²) < 4.78 is 19.4. The summed E-state index contributed by atoms with van der Waals surface area (Å²) in [4.78, 5) is 4.00. The molecule has 23 heavy (non-hydrogen) atoms. The Hall–Kier alpha value is -1.65. The average Bonchev–Trinajstić information content (AvgIpc) is 3.18. The molecule has 1 N–H and O–H groups in total. The van der Waals surface area contributed by atoms with E-state index in [1.807, 2.05) is 30.3 Å². The van der Waals surface area contributed by atoms with Gasteiger partial charge in [0.1, 0.15) is 5.75 Å². The van der Waals surface area contributed by atoms with E-state index in [9.17, 15) is 4.39 Å². The lowest BCUT2D eigenvalue weighted by Crippen LogP contribution is -2.21. The van der Waals surface area contributed by atoms with Crippen molar-refractivity contribution in [3.05, 3.63) is 48.0 Å². The number of nitrogens with one attached hydrogen (secondary N) is 1. The van der Waals surface area contributed by atoms with Crippen molar-refractivity contribution in [2.45, 2.75) is 37.3 Å². The van der Waals surface area contributed by atoms with Crippen molar-refractivity contribution in [3.8, 4) is 16.9 Å². The molecule has 1 aromatic heterocycles. The van der Waals surface area contributed by atoms with Crippen LogP contribution in [0.3, 0.4) is 0 Å². The Morgan fingerprint density at radius 1 is 1.26 bits per heavy atom. The summed E-state index contributed by atoms with van der Waals surface area (Å²) in [7, 11) is 1.62. The first-order valence-corrected chi connectivity index (χ1v) is 7.80. The Bertz CT molecular complexity index is 709. The van der Waals surface area contributed by atoms with Crippen LogP contribution in [0, 0.1) is 5.95 Å². The molecule has 5 heteroatoms. The van der Waals surface area contributed by atoms with Gasteiger partial charge in [0.2, 0.25) is 5.95 Å². The number of nitrogens with zero attached hydrogens (tertiary/aromatic N) is 1. The summed E-state index contributed by atoms with van der Waals surface area (Å²) in [6.07, 6.45) is 5.31. The topological polar surface area (TPSA) is 34.1 Å². The lowest BCUT2D eigenvalue weighted by molar-refractivity contribution is 0.415. The first-order chi connectivity index (χ1) is 10.7. The van der Waals surface area contributed by atoms with E-state index in [1.165, 1.54) is 12.8 Å². The van der Waals surface area contributed by atoms with E-state index in [1.54, 1.807) is 13.3 Å². The second kappa shape index (κ2) is 6.46. The van der Waals surface area contributed by atoms with Gasteiger partial charge in [0.15, 0.2) is 0 Å². The van der Waals surface area contributed by atoms with Crippen molar-refractivity contribution in [2.24, 2.45) is 0 Å². The van der Waals surface area contributed by atoms with E-state index in [-0.39, 0.29) is 12.4 Å². The van der Waals surface area contributed by atoms with Gasteiger partial charge in [-0.25, -0.2) is 4.98 Å². The molecule has 3 heterocycles. The number of benzene rings is 1. The fourth-order valence-electron chi connectivity index (χ4n) is 3.85. The molecule has 4 rings (SSSR count). The quantitative estimate of drug-likeness (QED) is 0.864. The number of methoxy groups -OCH3 is 1. The number of aromatic nitrogens is 1. The highest BCUT2D eigenvalue weighted by molar-refractivity contribution is 5.85. The second-order valence-electron chi connectivity index (χ2n) is 6.23. The highest BCUT2D eigenvalue weighted by Gasteiger charge is 2.39. The molecule has 3 atom stereocenters. The number of hydrogen-bond acceptors (Lipinski definition) is 3. The number of ether oxygens (including phenoxy) is 1. The average molecular weight is 335 g/mol. The molecule has 2 aromatic rings. The van der Waals surface area contributed by atoms with Crippen LogP contribution < -0.4 is 10.1 Å². The van der Waals surface area contributed by atoms with Crippen molar-refractivity contribution >= 4 is 12.4 Å². The maximum absolute atomic E-state index is 14.2. The van der Waals surface area contributed by atoms with Crippen LogP contribution in [0.5, 0.6) is 5.75 Å². The standard InChI is InChI=1S/C18H19FN2O.ClH/c1-22-14-4-2-3-11(7-14)16-8-12(10-20-18(16)19)15-9-13-5-6-17(15)21-13;/h2-4,7-8,10,13,15,17,21H,5-6,9H2,1H3;1H. The van der Waals surface area contributed by atoms with E-state index >= 15 is 0 Å². The van der Waals surface area contributed by atoms with Crippen LogP contribution in [0.25, 0.3) is 11.1 Å². The zero-order valence-corrected chi connectivity index (χ0v) is 13.8. The maximum atomic E-state index is 14.2. The molecular weight excluding hydrogens is 315 g/mol. The van der Waals surface area contributed by atoms with E-state index < -0.39 is 5.95 Å². The van der Waals surface area contributed by atoms with Crippen molar-refractivity contribution in [1.82, 2.24) is 10.3 Å². The molecular formula is C18H20ClFN2O. The van der Waals surface area contributed by atoms with E-state index in [0.717, 1.165) is 23.3 Å². The normalized spacial score (nSPS) is 25.2. The zero-order valence-electron chi connectivity index (χ0n) is 13.0. The summed E-state index contributed by atoms with van der Waals surface area (Å²) in [6.45, 7) is 0. The zero-order chi connectivity index (χ0) is 15.1. The Morgan fingerprint density at radius 3 is 2.83 bits per heavy atom. The minimum Gasteiger partial charge on any atom is -0.497 e. The Balaban J connectivity index is 0.00000156. The van der Waals surface area contributed by atoms with Gasteiger partial charge in [-0.15, -0.1) is 12.4 Å². The third-order valence-electron chi connectivity index (χ3n) is 4.97. The Labute approximate surface area is 141 Å². The lowest BCUT2D eigenvalue weighted by Gasteiger charge is -2.21. The van der Waals surface area contributed by atoms with Crippen LogP contribution in [0.4, 0.5) is 4.39 Å². The van der Waals surface area contributed by atoms with Crippen molar-refractivity contribution < 1.29 is 9.13 Å². The number of rotatable bonds is 3. The van der Waals surface area contributed by atoms with E-state index in [0.29, 0.717) is 23.6 Å². The minimum atomic E-state index is -0.423. The molecule has 2 aliphatic rings. The highest BCUT2D eigenvalue weighted by atomic mass is 35.5. The van der Waals surface area contributed by atoms with Crippen LogP contribution in [-0.2, 0) is 0 Å². The Morgan fingerprint density at radius 2 is 2.13 bits per heavy atom. The number of fused-ring (bicyclic) bond motifs is 2. The Kier molecular flexibility index (Phi) is 4.55. The highest BCUT2D eigenvalue weighted by Crippen LogP contribution is 2.40. The minimum absolute atomic E-state index is 0. The van der Waals surface area contributed by atoms with Crippen LogP contribution in [-0.4, -0.2) is 24.2 Å². The largest absolute Gasteiger partial charge is 0.497 e. The van der Waals surface area contributed by atoms with Crippen LogP contribution >= 0.6 is 12.4 Å². The monoisotopic (exact) mass is 334 g/mol. The van der Waals surface area contributed by atoms with E-state index in [2.05, 4.69) is 10.3 Å². The number of pyridine rings is 1. The molecule has 0 radical (unpaired) electrons. The molecule has 0 amide bonds. The first-order valence-electron chi connectivity index (χ1n) is 7.80. The van der Waals surface area contributed by atoms with Gasteiger partial charge in [0.05, 0.1) is 7.11 Å². The SMILES string of the molecule is COc1cccc(-c2cc(C3CC4CCC3N4)cnc2F)c1.Cl. The van der Waals surface area contributed by atoms with Gasteiger partial charge in [0, 0.05) is 29.8 Å². The number of hydrogen-bond donors (Lipinski definition) is 1. The van der Waals surface area contributed by atoms with Gasteiger partial charge in [-0.1, -0.05) is 12.1 Å². The van der Waals surface area contributed by atoms with E-state index in [4.69, 9.17) is 4.74 Å². The van der Waals surface area contributed by atoms with Gasteiger partial charge in [0.25, 0.3) is 0 Å². The summed E-state index contributed by atoms with van der Waals surface area (Å²) >= 11 is 0. The van der Waals surface area contributed by atoms with Crippen LogP contribution in [0.1, 0.15) is 30.7 Å². The second-order valence-corrected chi connectivity index (χ2v) is 6.23. The summed E-state index contributed by atoms with van der Waals surface area (Å²) in [5, 5.41) is 3.63. The number of halogens is 2. The van der Waals surface area contributed by atoms with Crippen molar-refractivity contribution in [2.75, 3.05) is 7.11 Å². The summed E-state index contributed by atoms with van der Waals surface area (Å²) in [6, 6.07) is 10.6. The van der Waals surface area contributed by atoms with Gasteiger partial charge in [-0.2, -0.15) is 4.39 Å². The first kappa shape index (κ1) is 16.2. The third-order valence-corrected chi connectivity index (χ3v) is 4.97. The molecule has 0 aliphatic carbocycles. The molecule has 2 fully saturated rings. The van der Waals surface area contributed by atoms with Gasteiger partial charge in [-0.05, 0) is 48.6 Å². The third kappa shape index (κ3) is 2.93. The fraction of sp³-hybridized carbons (Fsp3) is 0.389. The molecule has 0 spiro atoms. The maximum Gasteiger partial charge on any atom is 0.220 e. The molecule has 3 unspecified atom stereocenters. The van der Waals surface area contributed by atoms with Crippen LogP contribution in [0.2, 0.25) is 0 Å². The molecule has 1 aromatic carbocycles. The summed E-state index contributed by atoms with van der Waals surface area (Å²) in [5.41, 5.74) is 2.50. The lowest BCUT2D eigenvalue weighted by atomic mass is 9.84. The van der Waals surface area contributed by atoms with Crippen molar-refractivity contribution in [3.63, 3.8) is 0 Å². The molecule has 0 saturated carbocycles. The molecule has 3 nitrogen and oxygen atoms in total. The molecule has 122 valence electrons. The predicted molar refractivity (Wildman–Crippen MR) is 90.7 cm³/mol. The molecule has 2 aliphatic heterocycles. The van der Waals surface area contributed by atoms with Crippen molar-refractivity contribution in [1.29, 1.82) is 0 Å².